The Balaban J connectivity index is 2.06. The molecule has 1 atom stereocenters. The third-order valence-corrected chi connectivity index (χ3v) is 8.46. The van der Waals surface area contributed by atoms with E-state index in [9.17, 15) is 18.0 Å². The van der Waals surface area contributed by atoms with E-state index in [1.807, 2.05) is 0 Å². The van der Waals surface area contributed by atoms with E-state index in [0.717, 1.165) is 4.31 Å². The molecule has 11 heteroatoms. The summed E-state index contributed by atoms with van der Waals surface area (Å²) >= 11 is 12.8. The molecule has 3 rings (SSSR count). The molecule has 0 fully saturated rings. The molecule has 0 heterocycles. The van der Waals surface area contributed by atoms with Gasteiger partial charge in [0.05, 0.1) is 17.7 Å². The van der Waals surface area contributed by atoms with E-state index in [-0.39, 0.29) is 23.2 Å². The zero-order chi connectivity index (χ0) is 28.7. The van der Waals surface area contributed by atoms with Gasteiger partial charge in [0.2, 0.25) is 11.8 Å². The zero-order valence-corrected chi connectivity index (χ0v) is 24.4. The van der Waals surface area contributed by atoms with E-state index in [2.05, 4.69) is 5.32 Å². The second-order valence-corrected chi connectivity index (χ2v) is 11.8. The molecule has 3 aromatic carbocycles. The third kappa shape index (κ3) is 7.44. The summed E-state index contributed by atoms with van der Waals surface area (Å²) in [4.78, 5) is 28.2. The van der Waals surface area contributed by atoms with Crippen LogP contribution in [0.5, 0.6) is 5.75 Å². The van der Waals surface area contributed by atoms with Gasteiger partial charge in [-0.05, 0) is 69.3 Å². The Morgan fingerprint density at radius 3 is 2.03 bits per heavy atom. The monoisotopic (exact) mass is 591 g/mol. The number of hydrogen-bond donors (Lipinski definition) is 1. The average molecular weight is 593 g/mol. The number of ether oxygens (including phenoxy) is 1. The van der Waals surface area contributed by atoms with Crippen molar-refractivity contribution in [1.82, 2.24) is 10.2 Å². The molecule has 0 aromatic heterocycles. The Labute approximate surface area is 239 Å². The summed E-state index contributed by atoms with van der Waals surface area (Å²) in [5.74, 6) is -0.493. The fraction of sp³-hybridized carbons (Fsp3) is 0.286. The Bertz CT molecular complexity index is 1380. The minimum atomic E-state index is -4.16. The normalized spacial score (nSPS) is 12.1. The Morgan fingerprint density at radius 2 is 1.49 bits per heavy atom. The molecular formula is C28H31Cl2N3O5S. The summed E-state index contributed by atoms with van der Waals surface area (Å²) < 4.78 is 33.7. The lowest BCUT2D eigenvalue weighted by Gasteiger charge is -2.32. The van der Waals surface area contributed by atoms with Gasteiger partial charge in [0.15, 0.2) is 0 Å². The van der Waals surface area contributed by atoms with Gasteiger partial charge >= 0.3 is 0 Å². The van der Waals surface area contributed by atoms with Crippen LogP contribution in [0.3, 0.4) is 0 Å². The van der Waals surface area contributed by atoms with Crippen molar-refractivity contribution < 1.29 is 22.7 Å². The quantitative estimate of drug-likeness (QED) is 0.333. The lowest BCUT2D eigenvalue weighted by atomic mass is 10.1. The molecule has 0 aliphatic heterocycles. The first-order valence-electron chi connectivity index (χ1n) is 12.2. The molecule has 0 spiro atoms. The van der Waals surface area contributed by atoms with Gasteiger partial charge in [-0.2, -0.15) is 0 Å². The largest absolute Gasteiger partial charge is 0.497 e. The number of rotatable bonds is 11. The van der Waals surface area contributed by atoms with Gasteiger partial charge < -0.3 is 15.0 Å². The van der Waals surface area contributed by atoms with Crippen LogP contribution in [-0.2, 0) is 26.2 Å². The summed E-state index contributed by atoms with van der Waals surface area (Å²) in [6, 6.07) is 17.9. The standard InChI is InChI=1S/C28H31Cl2N3O5S/c1-19(2)31-28(35)20(3)32(17-24-25(29)11-8-12-26(24)30)27(34)18-33(21-13-15-22(38-4)16-14-21)39(36,37)23-9-6-5-7-10-23/h5-16,19-20H,17-18H2,1-4H3,(H,31,35)/t20-/m0/s1. The number of nitrogens with one attached hydrogen (secondary N) is 1. The van der Waals surface area contributed by atoms with Crippen LogP contribution in [0.15, 0.2) is 77.7 Å². The number of nitrogens with zero attached hydrogens (tertiary/aromatic N) is 2. The molecule has 0 aliphatic carbocycles. The maximum atomic E-state index is 13.9. The highest BCUT2D eigenvalue weighted by atomic mass is 35.5. The first-order valence-corrected chi connectivity index (χ1v) is 14.4. The maximum absolute atomic E-state index is 13.9. The number of halogens is 2. The highest BCUT2D eigenvalue weighted by molar-refractivity contribution is 7.92. The molecule has 1 N–H and O–H groups in total. The lowest BCUT2D eigenvalue weighted by Crippen LogP contribution is -2.52. The smallest absolute Gasteiger partial charge is 0.264 e. The summed E-state index contributed by atoms with van der Waals surface area (Å²) in [5.41, 5.74) is 0.698. The molecule has 0 bridgehead atoms. The van der Waals surface area contributed by atoms with Crippen molar-refractivity contribution in [3.8, 4) is 5.75 Å². The number of hydrogen-bond acceptors (Lipinski definition) is 5. The molecule has 39 heavy (non-hydrogen) atoms. The van der Waals surface area contributed by atoms with E-state index in [4.69, 9.17) is 27.9 Å². The third-order valence-electron chi connectivity index (χ3n) is 5.96. The minimum Gasteiger partial charge on any atom is -0.497 e. The highest BCUT2D eigenvalue weighted by Crippen LogP contribution is 2.29. The molecule has 0 aliphatic rings. The summed E-state index contributed by atoms with van der Waals surface area (Å²) in [7, 11) is -2.67. The number of anilines is 1. The highest BCUT2D eigenvalue weighted by Gasteiger charge is 2.33. The predicted molar refractivity (Wildman–Crippen MR) is 154 cm³/mol. The summed E-state index contributed by atoms with van der Waals surface area (Å²) in [6.45, 7) is 4.50. The lowest BCUT2D eigenvalue weighted by molar-refractivity contribution is -0.139. The summed E-state index contributed by atoms with van der Waals surface area (Å²) in [6.07, 6.45) is 0. The van der Waals surface area contributed by atoms with E-state index < -0.39 is 34.4 Å². The van der Waals surface area contributed by atoms with Crippen molar-refractivity contribution in [3.63, 3.8) is 0 Å². The summed E-state index contributed by atoms with van der Waals surface area (Å²) in [5, 5.41) is 3.44. The van der Waals surface area contributed by atoms with Gasteiger partial charge in [0.1, 0.15) is 18.3 Å². The van der Waals surface area contributed by atoms with Crippen molar-refractivity contribution in [2.24, 2.45) is 0 Å². The molecule has 3 aromatic rings. The molecule has 208 valence electrons. The first-order chi connectivity index (χ1) is 18.4. The molecule has 8 nitrogen and oxygen atoms in total. The second-order valence-electron chi connectivity index (χ2n) is 9.08. The minimum absolute atomic E-state index is 0.0138. The number of carbonyl (C=O) groups is 2. The van der Waals surface area contributed by atoms with Crippen molar-refractivity contribution in [2.45, 2.75) is 44.3 Å². The molecule has 0 unspecified atom stereocenters. The first kappa shape index (κ1) is 30.3. The van der Waals surface area contributed by atoms with Crippen LogP contribution in [0.25, 0.3) is 0 Å². The number of sulfonamides is 1. The van der Waals surface area contributed by atoms with Crippen LogP contribution >= 0.6 is 23.2 Å². The van der Waals surface area contributed by atoms with Crippen molar-refractivity contribution in [2.75, 3.05) is 18.0 Å². The molecular weight excluding hydrogens is 561 g/mol. The van der Waals surface area contributed by atoms with Crippen LogP contribution in [0.1, 0.15) is 26.3 Å². The van der Waals surface area contributed by atoms with Crippen LogP contribution in [-0.4, -0.2) is 50.9 Å². The van der Waals surface area contributed by atoms with E-state index >= 15 is 0 Å². The Morgan fingerprint density at radius 1 is 0.897 bits per heavy atom. The Kier molecular flexibility index (Phi) is 10.2. The maximum Gasteiger partial charge on any atom is 0.264 e. The van der Waals surface area contributed by atoms with E-state index in [0.29, 0.717) is 21.4 Å². The SMILES string of the molecule is COc1ccc(N(CC(=O)N(Cc2c(Cl)cccc2Cl)[C@@H](C)C(=O)NC(C)C)S(=O)(=O)c2ccccc2)cc1. The van der Waals surface area contributed by atoms with Crippen LogP contribution < -0.4 is 14.4 Å². The van der Waals surface area contributed by atoms with Gasteiger partial charge in [-0.15, -0.1) is 0 Å². The van der Waals surface area contributed by atoms with E-state index in [1.54, 1.807) is 81.4 Å². The van der Waals surface area contributed by atoms with Gasteiger partial charge in [0.25, 0.3) is 10.0 Å². The molecule has 0 saturated heterocycles. The van der Waals surface area contributed by atoms with Crippen molar-refractivity contribution >= 4 is 50.7 Å². The molecule has 0 saturated carbocycles. The topological polar surface area (TPSA) is 96.0 Å². The predicted octanol–water partition coefficient (Wildman–Crippen LogP) is 5.14. The molecule has 0 radical (unpaired) electrons. The average Bonchev–Trinajstić information content (AvgIpc) is 2.91. The van der Waals surface area contributed by atoms with Crippen LogP contribution in [0.2, 0.25) is 10.0 Å². The fourth-order valence-electron chi connectivity index (χ4n) is 3.84. The fourth-order valence-corrected chi connectivity index (χ4v) is 5.79. The van der Waals surface area contributed by atoms with Gasteiger partial charge in [-0.1, -0.05) is 47.5 Å². The number of amides is 2. The second kappa shape index (κ2) is 13.2. The van der Waals surface area contributed by atoms with Crippen LogP contribution in [0, 0.1) is 0 Å². The van der Waals surface area contributed by atoms with Gasteiger partial charge in [-0.3, -0.25) is 13.9 Å². The number of carbonyl (C=O) groups excluding carboxylic acids is 2. The molecule has 2 amide bonds. The van der Waals surface area contributed by atoms with Crippen molar-refractivity contribution in [3.05, 3.63) is 88.4 Å². The van der Waals surface area contributed by atoms with Crippen LogP contribution in [0.4, 0.5) is 5.69 Å². The Hall–Kier alpha value is -3.27. The zero-order valence-electron chi connectivity index (χ0n) is 22.1. The van der Waals surface area contributed by atoms with Gasteiger partial charge in [-0.25, -0.2) is 8.42 Å². The van der Waals surface area contributed by atoms with Gasteiger partial charge in [0, 0.05) is 28.2 Å². The number of methoxy groups -OCH3 is 1. The van der Waals surface area contributed by atoms with E-state index in [1.165, 1.54) is 24.1 Å². The van der Waals surface area contributed by atoms with Crippen molar-refractivity contribution in [1.29, 1.82) is 0 Å². The number of benzene rings is 3.